The van der Waals surface area contributed by atoms with Crippen LogP contribution in [0.2, 0.25) is 0 Å². The first-order valence-corrected chi connectivity index (χ1v) is 12.0. The number of rotatable bonds is 5. The number of carbonyl (C=O) groups excluding carboxylic acids is 1. The maximum atomic E-state index is 12.9. The average molecular weight is 468 g/mol. The molecule has 0 unspecified atom stereocenters. The number of nitrogens with one attached hydrogen (secondary N) is 1. The first kappa shape index (κ1) is 22.8. The van der Waals surface area contributed by atoms with Crippen molar-refractivity contribution in [3.05, 3.63) is 94.5 Å². The number of carbonyl (C=O) groups is 1. The second-order valence-corrected chi connectivity index (χ2v) is 8.86. The van der Waals surface area contributed by atoms with Gasteiger partial charge in [0.25, 0.3) is 11.5 Å². The van der Waals surface area contributed by atoms with Crippen LogP contribution in [0.25, 0.3) is 16.6 Å². The highest BCUT2D eigenvalue weighted by Crippen LogP contribution is 2.24. The van der Waals surface area contributed by atoms with Gasteiger partial charge in [0.2, 0.25) is 0 Å². The van der Waals surface area contributed by atoms with E-state index >= 15 is 0 Å². The summed E-state index contributed by atoms with van der Waals surface area (Å²) in [5.41, 5.74) is 4.72. The third kappa shape index (κ3) is 4.68. The first-order chi connectivity index (χ1) is 17.0. The largest absolute Gasteiger partial charge is 0.369 e. The summed E-state index contributed by atoms with van der Waals surface area (Å²) in [7, 11) is 0. The van der Waals surface area contributed by atoms with Gasteiger partial charge in [-0.15, -0.1) is 0 Å². The summed E-state index contributed by atoms with van der Waals surface area (Å²) in [6.07, 6.45) is 1.52. The average Bonchev–Trinajstić information content (AvgIpc) is 2.90. The third-order valence-electron chi connectivity index (χ3n) is 6.72. The number of fused-ring (bicyclic) bond motifs is 1. The molecule has 1 saturated heterocycles. The zero-order valence-electron chi connectivity index (χ0n) is 20.1. The van der Waals surface area contributed by atoms with Crippen molar-refractivity contribution in [1.82, 2.24) is 14.5 Å². The van der Waals surface area contributed by atoms with Gasteiger partial charge in [-0.1, -0.05) is 19.1 Å². The number of amides is 1. The van der Waals surface area contributed by atoms with Crippen molar-refractivity contribution in [2.45, 2.75) is 13.8 Å². The lowest BCUT2D eigenvalue weighted by molar-refractivity contribution is 0.102. The minimum atomic E-state index is -0.187. The molecule has 1 aliphatic heterocycles. The Hall–Kier alpha value is -3.97. The van der Waals surface area contributed by atoms with Gasteiger partial charge in [-0.3, -0.25) is 14.2 Å². The summed E-state index contributed by atoms with van der Waals surface area (Å²) in [6.45, 7) is 9.49. The standard InChI is InChI=1S/C28H29N5O2/c1-3-31-14-16-32(17-15-31)23-12-13-25(20(2)18-23)30-27(34)21-8-10-22(11-9-21)33-19-29-26-7-5-4-6-24(26)28(33)35/h4-13,18-19H,3,14-17H2,1-2H3,(H,30,34). The van der Waals surface area contributed by atoms with Crippen LogP contribution in [0, 0.1) is 6.92 Å². The molecule has 7 nitrogen and oxygen atoms in total. The molecular weight excluding hydrogens is 438 g/mol. The minimum absolute atomic E-state index is 0.139. The predicted octanol–water partition coefficient (Wildman–Crippen LogP) is 4.09. The zero-order chi connectivity index (χ0) is 24.4. The van der Waals surface area contributed by atoms with Crippen LogP contribution in [0.4, 0.5) is 11.4 Å². The molecule has 0 radical (unpaired) electrons. The normalized spacial score (nSPS) is 14.3. The summed E-state index contributed by atoms with van der Waals surface area (Å²) in [5.74, 6) is -0.187. The number of aryl methyl sites for hydroxylation is 1. The van der Waals surface area contributed by atoms with Gasteiger partial charge in [-0.25, -0.2) is 4.98 Å². The highest BCUT2D eigenvalue weighted by atomic mass is 16.1. The van der Waals surface area contributed by atoms with Crippen LogP contribution < -0.4 is 15.8 Å². The molecule has 2 heterocycles. The molecule has 1 fully saturated rings. The van der Waals surface area contributed by atoms with Crippen molar-refractivity contribution in [3.63, 3.8) is 0 Å². The summed E-state index contributed by atoms with van der Waals surface area (Å²) >= 11 is 0. The van der Waals surface area contributed by atoms with Crippen molar-refractivity contribution in [2.75, 3.05) is 42.9 Å². The Kier molecular flexibility index (Phi) is 6.33. The number of benzene rings is 3. The van der Waals surface area contributed by atoms with E-state index in [9.17, 15) is 9.59 Å². The monoisotopic (exact) mass is 467 g/mol. The van der Waals surface area contributed by atoms with Gasteiger partial charge >= 0.3 is 0 Å². The minimum Gasteiger partial charge on any atom is -0.369 e. The van der Waals surface area contributed by atoms with Crippen molar-refractivity contribution >= 4 is 28.2 Å². The Morgan fingerprint density at radius 2 is 1.66 bits per heavy atom. The number of piperazine rings is 1. The molecule has 1 amide bonds. The molecular formula is C28H29N5O2. The number of aromatic nitrogens is 2. The Labute approximate surface area is 204 Å². The molecule has 3 aromatic carbocycles. The molecule has 0 saturated carbocycles. The number of likely N-dealkylation sites (N-methyl/N-ethyl adjacent to an activating group) is 1. The fourth-order valence-corrected chi connectivity index (χ4v) is 4.53. The van der Waals surface area contributed by atoms with E-state index in [0.29, 0.717) is 22.2 Å². The Morgan fingerprint density at radius 1 is 0.943 bits per heavy atom. The quantitative estimate of drug-likeness (QED) is 0.479. The molecule has 1 N–H and O–H groups in total. The second kappa shape index (κ2) is 9.72. The predicted molar refractivity (Wildman–Crippen MR) is 141 cm³/mol. The van der Waals surface area contributed by atoms with Crippen LogP contribution in [0.1, 0.15) is 22.8 Å². The number of hydrogen-bond acceptors (Lipinski definition) is 5. The van der Waals surface area contributed by atoms with Crippen LogP contribution in [-0.2, 0) is 0 Å². The maximum Gasteiger partial charge on any atom is 0.265 e. The lowest BCUT2D eigenvalue weighted by Crippen LogP contribution is -2.46. The lowest BCUT2D eigenvalue weighted by atomic mass is 10.1. The van der Waals surface area contributed by atoms with Gasteiger partial charge in [0.1, 0.15) is 6.33 Å². The van der Waals surface area contributed by atoms with Crippen molar-refractivity contribution in [1.29, 1.82) is 0 Å². The Balaban J connectivity index is 1.29. The number of hydrogen-bond donors (Lipinski definition) is 1. The molecule has 0 atom stereocenters. The molecule has 0 aliphatic carbocycles. The number of anilines is 2. The molecule has 7 heteroatoms. The highest BCUT2D eigenvalue weighted by Gasteiger charge is 2.17. The van der Waals surface area contributed by atoms with E-state index < -0.39 is 0 Å². The van der Waals surface area contributed by atoms with E-state index in [0.717, 1.165) is 44.0 Å². The molecule has 1 aromatic heterocycles. The zero-order valence-corrected chi connectivity index (χ0v) is 20.1. The SMILES string of the molecule is CCN1CCN(c2ccc(NC(=O)c3ccc(-n4cnc5ccccc5c4=O)cc3)c(C)c2)CC1. The van der Waals surface area contributed by atoms with Crippen LogP contribution >= 0.6 is 0 Å². The molecule has 178 valence electrons. The van der Waals surface area contributed by atoms with E-state index in [1.165, 1.54) is 16.6 Å². The van der Waals surface area contributed by atoms with Gasteiger partial charge in [0.15, 0.2) is 0 Å². The van der Waals surface area contributed by atoms with E-state index in [1.54, 1.807) is 30.3 Å². The third-order valence-corrected chi connectivity index (χ3v) is 6.72. The van der Waals surface area contributed by atoms with E-state index in [2.05, 4.69) is 39.2 Å². The Morgan fingerprint density at radius 3 is 2.37 bits per heavy atom. The summed E-state index contributed by atoms with van der Waals surface area (Å²) in [6, 6.07) is 20.4. The summed E-state index contributed by atoms with van der Waals surface area (Å²) < 4.78 is 1.49. The molecule has 1 aliphatic rings. The molecule has 0 spiro atoms. The van der Waals surface area contributed by atoms with Crippen LogP contribution in [-0.4, -0.2) is 53.1 Å². The molecule has 4 aromatic rings. The number of nitrogens with zero attached hydrogens (tertiary/aromatic N) is 4. The van der Waals surface area contributed by atoms with Gasteiger partial charge in [0, 0.05) is 43.1 Å². The van der Waals surface area contributed by atoms with Gasteiger partial charge in [-0.05, 0) is 73.6 Å². The van der Waals surface area contributed by atoms with Crippen LogP contribution in [0.3, 0.4) is 0 Å². The van der Waals surface area contributed by atoms with Gasteiger partial charge < -0.3 is 15.1 Å². The maximum absolute atomic E-state index is 12.9. The fourth-order valence-electron chi connectivity index (χ4n) is 4.53. The topological polar surface area (TPSA) is 70.5 Å². The first-order valence-electron chi connectivity index (χ1n) is 12.0. The van der Waals surface area contributed by atoms with E-state index in [1.807, 2.05) is 31.2 Å². The lowest BCUT2D eigenvalue weighted by Gasteiger charge is -2.35. The molecule has 0 bridgehead atoms. The van der Waals surface area contributed by atoms with Crippen molar-refractivity contribution in [3.8, 4) is 5.69 Å². The molecule has 35 heavy (non-hydrogen) atoms. The molecule has 5 rings (SSSR count). The Bertz CT molecular complexity index is 1420. The van der Waals surface area contributed by atoms with E-state index in [4.69, 9.17) is 0 Å². The fraction of sp³-hybridized carbons (Fsp3) is 0.250. The summed E-state index contributed by atoms with van der Waals surface area (Å²) in [4.78, 5) is 35.0. The van der Waals surface area contributed by atoms with Crippen LogP contribution in [0.15, 0.2) is 77.9 Å². The van der Waals surface area contributed by atoms with Crippen molar-refractivity contribution in [2.24, 2.45) is 0 Å². The van der Waals surface area contributed by atoms with Gasteiger partial charge in [-0.2, -0.15) is 0 Å². The summed E-state index contributed by atoms with van der Waals surface area (Å²) in [5, 5.41) is 3.58. The highest BCUT2D eigenvalue weighted by molar-refractivity contribution is 6.04. The van der Waals surface area contributed by atoms with Crippen LogP contribution in [0.5, 0.6) is 0 Å². The second-order valence-electron chi connectivity index (χ2n) is 8.86. The van der Waals surface area contributed by atoms with Crippen molar-refractivity contribution < 1.29 is 4.79 Å². The van der Waals surface area contributed by atoms with Gasteiger partial charge in [0.05, 0.1) is 16.6 Å². The smallest absolute Gasteiger partial charge is 0.265 e. The van der Waals surface area contributed by atoms with E-state index in [-0.39, 0.29) is 11.5 Å². The number of para-hydroxylation sites is 1.